The number of thioether (sulfide) groups is 1. The van der Waals surface area contributed by atoms with Crippen LogP contribution in [0.1, 0.15) is 59.6 Å². The number of aryl methyl sites for hydroxylation is 1. The molecule has 0 aliphatic carbocycles. The lowest BCUT2D eigenvalue weighted by Crippen LogP contribution is -2.40. The maximum Gasteiger partial charge on any atom is 0.338 e. The molecule has 1 aliphatic heterocycles. The molecule has 0 saturated heterocycles. The Morgan fingerprint density at radius 2 is 1.77 bits per heavy atom. The highest BCUT2D eigenvalue weighted by Crippen LogP contribution is 2.36. The number of ether oxygens (including phenoxy) is 2. The van der Waals surface area contributed by atoms with Gasteiger partial charge < -0.3 is 13.9 Å². The Balaban J connectivity index is 1.47. The number of rotatable bonds is 9. The minimum atomic E-state index is -0.760. The molecular formula is C38H34N2O6S2. The number of hydrogen-bond acceptors (Lipinski definition) is 9. The predicted molar refractivity (Wildman–Crippen MR) is 189 cm³/mol. The quantitative estimate of drug-likeness (QED) is 0.125. The van der Waals surface area contributed by atoms with Crippen LogP contribution < -0.4 is 14.9 Å². The lowest BCUT2D eigenvalue weighted by Gasteiger charge is -2.26. The summed E-state index contributed by atoms with van der Waals surface area (Å²) in [6, 6.07) is 25.5. The Morgan fingerprint density at radius 3 is 2.44 bits per heavy atom. The van der Waals surface area contributed by atoms with Crippen LogP contribution in [0, 0.1) is 6.92 Å². The summed E-state index contributed by atoms with van der Waals surface area (Å²) >= 11 is 2.84. The van der Waals surface area contributed by atoms with Gasteiger partial charge in [-0.15, -0.1) is 11.8 Å². The Labute approximate surface area is 286 Å². The third-order valence-corrected chi connectivity index (χ3v) is 9.50. The molecule has 0 spiro atoms. The standard InChI is InChI=1S/C38H34N2O6S2/c1-6-44-37(43)32-33(24-10-8-7-9-11-24)39-38-40(34(32)25-12-16-28(47-5)17-13-25)35(41)31(48-38)21-27-15-19-30(46-27)29-18-14-26(20-23(29)4)36(42)45-22(2)3/h7-22,34H,6H2,1-5H3/b31-21+/t34-/m0/s1. The number of hydrogen-bond donors (Lipinski definition) is 0. The van der Waals surface area contributed by atoms with E-state index in [1.807, 2.05) is 93.8 Å². The number of fused-ring (bicyclic) bond motifs is 1. The fraction of sp³-hybridized carbons (Fsp3) is 0.211. The molecule has 0 bridgehead atoms. The molecule has 0 N–H and O–H groups in total. The highest BCUT2D eigenvalue weighted by Gasteiger charge is 2.35. The highest BCUT2D eigenvalue weighted by atomic mass is 32.2. The molecular weight excluding hydrogens is 645 g/mol. The van der Waals surface area contributed by atoms with Crippen molar-refractivity contribution in [1.29, 1.82) is 0 Å². The number of furan rings is 1. The van der Waals surface area contributed by atoms with Crippen molar-refractivity contribution in [1.82, 2.24) is 4.57 Å². The van der Waals surface area contributed by atoms with Gasteiger partial charge in [-0.3, -0.25) is 9.36 Å². The largest absolute Gasteiger partial charge is 0.463 e. The fourth-order valence-electron chi connectivity index (χ4n) is 5.60. The van der Waals surface area contributed by atoms with Gasteiger partial charge in [-0.1, -0.05) is 59.9 Å². The average molecular weight is 679 g/mol. The zero-order chi connectivity index (χ0) is 33.9. The van der Waals surface area contributed by atoms with E-state index in [-0.39, 0.29) is 24.2 Å². The second-order valence-corrected chi connectivity index (χ2v) is 13.3. The van der Waals surface area contributed by atoms with Gasteiger partial charge in [0.1, 0.15) is 11.5 Å². The molecule has 0 amide bonds. The van der Waals surface area contributed by atoms with E-state index >= 15 is 0 Å². The summed E-state index contributed by atoms with van der Waals surface area (Å²) in [4.78, 5) is 46.7. The number of carbonyl (C=O) groups is 2. The van der Waals surface area contributed by atoms with Crippen LogP contribution in [0.5, 0.6) is 0 Å². The molecule has 3 heterocycles. The number of nitrogens with zero attached hydrogens (tertiary/aromatic N) is 2. The second kappa shape index (κ2) is 14.0. The maximum atomic E-state index is 14.2. The molecule has 1 atom stereocenters. The van der Waals surface area contributed by atoms with Crippen molar-refractivity contribution < 1.29 is 23.5 Å². The van der Waals surface area contributed by atoms with Crippen LogP contribution in [0.4, 0.5) is 0 Å². The average Bonchev–Trinajstić information content (AvgIpc) is 3.67. The number of carbonyl (C=O) groups excluding carboxylic acids is 2. The minimum absolute atomic E-state index is 0.179. The molecule has 0 fully saturated rings. The first-order valence-corrected chi connectivity index (χ1v) is 17.6. The molecule has 8 nitrogen and oxygen atoms in total. The number of esters is 2. The minimum Gasteiger partial charge on any atom is -0.463 e. The van der Waals surface area contributed by atoms with Gasteiger partial charge in [-0.05, 0) is 81.5 Å². The number of thiazole rings is 1. The summed E-state index contributed by atoms with van der Waals surface area (Å²) in [5.74, 6) is 0.169. The van der Waals surface area contributed by atoms with E-state index in [2.05, 4.69) is 0 Å². The summed E-state index contributed by atoms with van der Waals surface area (Å²) in [5, 5.41) is 0. The Hall–Kier alpha value is -4.93. The topological polar surface area (TPSA) is 100 Å². The van der Waals surface area contributed by atoms with Crippen LogP contribution in [0.3, 0.4) is 0 Å². The summed E-state index contributed by atoms with van der Waals surface area (Å²) in [7, 11) is 0. The van der Waals surface area contributed by atoms with Gasteiger partial charge in [-0.2, -0.15) is 0 Å². The molecule has 10 heteroatoms. The maximum absolute atomic E-state index is 14.2. The van der Waals surface area contributed by atoms with Gasteiger partial charge in [0, 0.05) is 22.1 Å². The van der Waals surface area contributed by atoms with E-state index in [0.717, 1.165) is 27.1 Å². The molecule has 0 saturated carbocycles. The number of benzene rings is 3. The van der Waals surface area contributed by atoms with Crippen LogP contribution in [-0.4, -0.2) is 35.5 Å². The smallest absolute Gasteiger partial charge is 0.338 e. The molecule has 1 aliphatic rings. The van der Waals surface area contributed by atoms with Gasteiger partial charge in [-0.25, -0.2) is 14.6 Å². The SMILES string of the molecule is CCOC(=O)C1=C(c2ccccc2)N=c2s/c(=C/c3ccc(-c4ccc(C(=O)OC(C)C)cc4C)o3)c(=O)n2[C@H]1c1ccc(SC)cc1. The zero-order valence-corrected chi connectivity index (χ0v) is 28.8. The Bertz CT molecular complexity index is 2210. The summed E-state index contributed by atoms with van der Waals surface area (Å²) in [6.07, 6.45) is 3.48. The summed E-state index contributed by atoms with van der Waals surface area (Å²) < 4.78 is 19.1. The van der Waals surface area contributed by atoms with Crippen LogP contribution in [0.2, 0.25) is 0 Å². The van der Waals surface area contributed by atoms with Gasteiger partial charge in [0.15, 0.2) is 4.80 Å². The van der Waals surface area contributed by atoms with Crippen LogP contribution in [-0.2, 0) is 14.3 Å². The Morgan fingerprint density at radius 1 is 1.02 bits per heavy atom. The van der Waals surface area contributed by atoms with Gasteiger partial charge >= 0.3 is 11.9 Å². The fourth-order valence-corrected chi connectivity index (χ4v) is 6.98. The van der Waals surface area contributed by atoms with Crippen molar-refractivity contribution in [3.63, 3.8) is 0 Å². The van der Waals surface area contributed by atoms with Crippen LogP contribution >= 0.6 is 23.1 Å². The van der Waals surface area contributed by atoms with Crippen molar-refractivity contribution in [2.75, 3.05) is 12.9 Å². The molecule has 0 unspecified atom stereocenters. The van der Waals surface area contributed by atoms with E-state index in [0.29, 0.717) is 37.7 Å². The zero-order valence-electron chi connectivity index (χ0n) is 27.2. The van der Waals surface area contributed by atoms with E-state index in [4.69, 9.17) is 18.9 Å². The summed E-state index contributed by atoms with van der Waals surface area (Å²) in [6.45, 7) is 7.46. The van der Waals surface area contributed by atoms with Crippen molar-refractivity contribution in [3.05, 3.63) is 138 Å². The van der Waals surface area contributed by atoms with Gasteiger partial charge in [0.25, 0.3) is 5.56 Å². The van der Waals surface area contributed by atoms with Crippen LogP contribution in [0.15, 0.2) is 110 Å². The normalized spacial score (nSPS) is 14.5. The molecule has 3 aromatic carbocycles. The molecule has 6 rings (SSSR count). The third kappa shape index (κ3) is 6.58. The van der Waals surface area contributed by atoms with E-state index in [1.54, 1.807) is 47.5 Å². The first-order valence-electron chi connectivity index (χ1n) is 15.5. The molecule has 0 radical (unpaired) electrons. The van der Waals surface area contributed by atoms with Crippen LogP contribution in [0.25, 0.3) is 23.1 Å². The second-order valence-electron chi connectivity index (χ2n) is 11.4. The highest BCUT2D eigenvalue weighted by molar-refractivity contribution is 7.98. The molecule has 5 aromatic rings. The first kappa shape index (κ1) is 33.0. The van der Waals surface area contributed by atoms with Gasteiger partial charge in [0.2, 0.25) is 0 Å². The lowest BCUT2D eigenvalue weighted by molar-refractivity contribution is -0.138. The van der Waals surface area contributed by atoms with E-state index in [1.165, 1.54) is 11.3 Å². The van der Waals surface area contributed by atoms with E-state index < -0.39 is 12.0 Å². The van der Waals surface area contributed by atoms with Crippen molar-refractivity contribution in [2.45, 2.75) is 44.7 Å². The van der Waals surface area contributed by atoms with Gasteiger partial charge in [0.05, 0.1) is 40.1 Å². The third-order valence-electron chi connectivity index (χ3n) is 7.78. The van der Waals surface area contributed by atoms with Crippen molar-refractivity contribution >= 4 is 46.8 Å². The van der Waals surface area contributed by atoms with Crippen molar-refractivity contribution in [2.24, 2.45) is 4.99 Å². The molecule has 244 valence electrons. The molecule has 48 heavy (non-hydrogen) atoms. The Kier molecular flexibility index (Phi) is 9.66. The van der Waals surface area contributed by atoms with E-state index in [9.17, 15) is 14.4 Å². The number of aromatic nitrogens is 1. The first-order chi connectivity index (χ1) is 23.2. The monoisotopic (exact) mass is 678 g/mol. The lowest BCUT2D eigenvalue weighted by atomic mass is 9.93. The van der Waals surface area contributed by atoms with Crippen molar-refractivity contribution in [3.8, 4) is 11.3 Å². The molecule has 2 aromatic heterocycles. The summed E-state index contributed by atoms with van der Waals surface area (Å²) in [5.41, 5.74) is 4.12. The predicted octanol–water partition coefficient (Wildman–Crippen LogP) is 6.79.